The number of nitrogens with zero attached hydrogens (tertiary/aromatic N) is 2. The van der Waals surface area contributed by atoms with Gasteiger partial charge in [0.25, 0.3) is 0 Å². The summed E-state index contributed by atoms with van der Waals surface area (Å²) in [5.41, 5.74) is 1.06. The molecule has 3 amide bonds. The lowest BCUT2D eigenvalue weighted by Gasteiger charge is -2.29. The minimum Gasteiger partial charge on any atom is -0.497 e. The molecule has 3 unspecified atom stereocenters. The number of carbonyl (C=O) groups excluding carboxylic acids is 3. The summed E-state index contributed by atoms with van der Waals surface area (Å²) in [6.07, 6.45) is 1.50. The van der Waals surface area contributed by atoms with Crippen LogP contribution in [0.4, 0.5) is 11.4 Å². The fourth-order valence-corrected chi connectivity index (χ4v) is 7.63. The summed E-state index contributed by atoms with van der Waals surface area (Å²) in [7, 11) is 1.56. The second-order valence-electron chi connectivity index (χ2n) is 8.80. The Morgan fingerprint density at radius 3 is 2.45 bits per heavy atom. The number of aromatic nitrogens is 1. The summed E-state index contributed by atoms with van der Waals surface area (Å²) < 4.78 is 12.2. The van der Waals surface area contributed by atoms with Gasteiger partial charge >= 0.3 is 4.87 Å². The van der Waals surface area contributed by atoms with Crippen molar-refractivity contribution in [2.45, 2.75) is 22.7 Å². The number of furan rings is 1. The zero-order chi connectivity index (χ0) is 26.4. The maximum Gasteiger partial charge on any atom is 0.308 e. The Kier molecular flexibility index (Phi) is 6.16. The van der Waals surface area contributed by atoms with Gasteiger partial charge in [0.1, 0.15) is 23.3 Å². The number of thioether (sulfide) groups is 1. The first-order valence-corrected chi connectivity index (χ1v) is 13.5. The number of amides is 3. The van der Waals surface area contributed by atoms with Crippen LogP contribution < -0.4 is 19.8 Å². The number of imide groups is 1. The molecule has 0 radical (unpaired) electrons. The summed E-state index contributed by atoms with van der Waals surface area (Å²) >= 11 is 2.14. The van der Waals surface area contributed by atoms with Gasteiger partial charge < -0.3 is 14.5 Å². The molecule has 11 heteroatoms. The zero-order valence-corrected chi connectivity index (χ0v) is 21.7. The van der Waals surface area contributed by atoms with E-state index in [0.29, 0.717) is 32.8 Å². The van der Waals surface area contributed by atoms with Crippen molar-refractivity contribution < 1.29 is 23.5 Å². The maximum atomic E-state index is 13.7. The molecule has 0 bridgehead atoms. The third-order valence-corrected chi connectivity index (χ3v) is 9.19. The number of carbonyl (C=O) groups is 3. The van der Waals surface area contributed by atoms with Crippen LogP contribution in [0.3, 0.4) is 0 Å². The monoisotopic (exact) mass is 547 g/mol. The molecular formula is C27H21N3O6S2. The van der Waals surface area contributed by atoms with E-state index in [1.54, 1.807) is 67.8 Å². The van der Waals surface area contributed by atoms with E-state index in [0.717, 1.165) is 23.1 Å². The van der Waals surface area contributed by atoms with Crippen LogP contribution in [0.2, 0.25) is 0 Å². The lowest BCUT2D eigenvalue weighted by molar-refractivity contribution is -0.122. The fraction of sp³-hybridized carbons (Fsp3) is 0.185. The molecule has 6 rings (SSSR count). The second-order valence-corrected chi connectivity index (χ2v) is 10.9. The lowest BCUT2D eigenvalue weighted by atomic mass is 9.87. The Bertz CT molecular complexity index is 1580. The molecule has 9 nitrogen and oxygen atoms in total. The summed E-state index contributed by atoms with van der Waals surface area (Å²) in [6.45, 7) is -0.240. The Balaban J connectivity index is 1.36. The highest BCUT2D eigenvalue weighted by Crippen LogP contribution is 2.53. The number of hydrogen-bond acceptors (Lipinski definition) is 8. The first-order valence-electron chi connectivity index (χ1n) is 11.8. The van der Waals surface area contributed by atoms with Crippen LogP contribution >= 0.6 is 23.1 Å². The van der Waals surface area contributed by atoms with Gasteiger partial charge in [-0.05, 0) is 48.5 Å². The van der Waals surface area contributed by atoms with Crippen molar-refractivity contribution >= 4 is 52.2 Å². The van der Waals surface area contributed by atoms with Gasteiger partial charge in [-0.25, -0.2) is 4.90 Å². The lowest BCUT2D eigenvalue weighted by Crippen LogP contribution is -2.32. The van der Waals surface area contributed by atoms with Gasteiger partial charge in [0.05, 0.1) is 40.8 Å². The molecule has 0 spiro atoms. The molecule has 4 heterocycles. The highest BCUT2D eigenvalue weighted by atomic mass is 32.2. The van der Waals surface area contributed by atoms with Crippen molar-refractivity contribution in [3.63, 3.8) is 0 Å². The molecule has 1 N–H and O–H groups in total. The number of ether oxygens (including phenoxy) is 1. The molecular weight excluding hydrogens is 526 g/mol. The van der Waals surface area contributed by atoms with E-state index in [-0.39, 0.29) is 23.2 Å². The number of hydrogen-bond donors (Lipinski definition) is 1. The molecule has 1 fully saturated rings. The molecule has 2 aromatic heterocycles. The normalized spacial score (nSPS) is 20.2. The number of para-hydroxylation sites is 1. The number of methoxy groups -OCH3 is 1. The smallest absolute Gasteiger partial charge is 0.308 e. The number of benzene rings is 2. The molecule has 38 heavy (non-hydrogen) atoms. The predicted octanol–water partition coefficient (Wildman–Crippen LogP) is 3.95. The predicted molar refractivity (Wildman–Crippen MR) is 143 cm³/mol. The van der Waals surface area contributed by atoms with Crippen molar-refractivity contribution in [3.05, 3.63) is 93.3 Å². The van der Waals surface area contributed by atoms with E-state index >= 15 is 0 Å². The minimum absolute atomic E-state index is 0.240. The number of anilines is 2. The Morgan fingerprint density at radius 2 is 1.76 bits per heavy atom. The van der Waals surface area contributed by atoms with Crippen molar-refractivity contribution in [3.8, 4) is 5.75 Å². The highest BCUT2D eigenvalue weighted by Gasteiger charge is 2.57. The van der Waals surface area contributed by atoms with E-state index in [1.165, 1.54) is 15.7 Å². The largest absolute Gasteiger partial charge is 0.497 e. The number of rotatable bonds is 6. The first-order chi connectivity index (χ1) is 18.5. The third kappa shape index (κ3) is 4.04. The Morgan fingerprint density at radius 1 is 1.00 bits per heavy atom. The molecule has 4 aromatic rings. The van der Waals surface area contributed by atoms with Gasteiger partial charge in [0.2, 0.25) is 17.7 Å². The highest BCUT2D eigenvalue weighted by molar-refractivity contribution is 8.00. The standard InChI is InChI=1S/C27H21N3O6S2/c1-35-17-11-9-15(10-12-17)28-19(31)14-29-26-23(38-27(29)34)20(18-8-5-13-36-18)21-22(37-26)25(33)30(24(21)32)16-6-3-2-4-7-16/h2-13,20-22H,14H2,1H3,(H,28,31). The van der Waals surface area contributed by atoms with E-state index in [2.05, 4.69) is 5.32 Å². The molecule has 2 aromatic carbocycles. The van der Waals surface area contributed by atoms with Crippen molar-refractivity contribution in [1.82, 2.24) is 4.57 Å². The van der Waals surface area contributed by atoms with E-state index in [9.17, 15) is 19.2 Å². The number of nitrogens with one attached hydrogen (secondary N) is 1. The Labute approximate surface area is 225 Å². The van der Waals surface area contributed by atoms with Crippen LogP contribution in [0, 0.1) is 5.92 Å². The van der Waals surface area contributed by atoms with Gasteiger partial charge in [-0.1, -0.05) is 41.3 Å². The Hall–Kier alpha value is -4.09. The summed E-state index contributed by atoms with van der Waals surface area (Å²) in [5, 5.41) is 2.52. The zero-order valence-electron chi connectivity index (χ0n) is 20.0. The van der Waals surface area contributed by atoms with Crippen LogP contribution in [-0.4, -0.2) is 34.6 Å². The summed E-state index contributed by atoms with van der Waals surface area (Å²) in [6, 6.07) is 19.1. The molecule has 192 valence electrons. The van der Waals surface area contributed by atoms with Crippen molar-refractivity contribution in [2.24, 2.45) is 5.92 Å². The summed E-state index contributed by atoms with van der Waals surface area (Å²) in [4.78, 5) is 54.8. The van der Waals surface area contributed by atoms with E-state index in [4.69, 9.17) is 9.15 Å². The van der Waals surface area contributed by atoms with Crippen LogP contribution in [0.5, 0.6) is 5.75 Å². The van der Waals surface area contributed by atoms with Crippen LogP contribution in [0.1, 0.15) is 16.6 Å². The number of thiazole rings is 1. The quantitative estimate of drug-likeness (QED) is 0.364. The van der Waals surface area contributed by atoms with Crippen LogP contribution in [-0.2, 0) is 20.9 Å². The molecule has 3 atom stereocenters. The second kappa shape index (κ2) is 9.66. The first kappa shape index (κ1) is 24.3. The van der Waals surface area contributed by atoms with Gasteiger partial charge in [-0.3, -0.25) is 23.7 Å². The van der Waals surface area contributed by atoms with Crippen LogP contribution in [0.15, 0.2) is 87.2 Å². The van der Waals surface area contributed by atoms with Crippen molar-refractivity contribution in [1.29, 1.82) is 0 Å². The average molecular weight is 548 g/mol. The molecule has 0 saturated carbocycles. The SMILES string of the molecule is COc1ccc(NC(=O)Cn2c3c(sc2=O)C(c2ccco2)C2C(=O)N(c4ccccc4)C(=O)C2S3)cc1. The topological polar surface area (TPSA) is 111 Å². The summed E-state index contributed by atoms with van der Waals surface area (Å²) in [5.74, 6) is -1.31. The molecule has 2 aliphatic heterocycles. The fourth-order valence-electron chi connectivity index (χ4n) is 4.88. The van der Waals surface area contributed by atoms with Gasteiger partial charge in [-0.2, -0.15) is 0 Å². The maximum absolute atomic E-state index is 13.7. The van der Waals surface area contributed by atoms with E-state index < -0.39 is 23.0 Å². The van der Waals surface area contributed by atoms with Gasteiger partial charge in [-0.15, -0.1) is 0 Å². The molecule has 0 aliphatic carbocycles. The van der Waals surface area contributed by atoms with Gasteiger partial charge in [0.15, 0.2) is 0 Å². The molecule has 1 saturated heterocycles. The molecule has 2 aliphatic rings. The minimum atomic E-state index is -0.768. The van der Waals surface area contributed by atoms with Crippen LogP contribution in [0.25, 0.3) is 0 Å². The third-order valence-electron chi connectivity index (χ3n) is 6.59. The number of fused-ring (bicyclic) bond motifs is 2. The van der Waals surface area contributed by atoms with E-state index in [1.807, 2.05) is 6.07 Å². The van der Waals surface area contributed by atoms with Gasteiger partial charge in [0, 0.05) is 5.69 Å². The van der Waals surface area contributed by atoms with Crippen molar-refractivity contribution in [2.75, 3.05) is 17.3 Å². The average Bonchev–Trinajstić information content (AvgIpc) is 3.62.